The van der Waals surface area contributed by atoms with Crippen molar-refractivity contribution in [2.24, 2.45) is 0 Å². The lowest BCUT2D eigenvalue weighted by molar-refractivity contribution is 0.483. The van der Waals surface area contributed by atoms with Gasteiger partial charge in [-0.3, -0.25) is 9.13 Å². The van der Waals surface area contributed by atoms with Crippen LogP contribution < -0.4 is 9.47 Å². The minimum atomic E-state index is -2.57. The first kappa shape index (κ1) is 34.6. The predicted octanol–water partition coefficient (Wildman–Crippen LogP) is 13.9. The van der Waals surface area contributed by atoms with Gasteiger partial charge in [-0.2, -0.15) is 0 Å². The van der Waals surface area contributed by atoms with Crippen molar-refractivity contribution >= 4 is 43.6 Å². The molecular formula is C55H42N6O2. The number of para-hydroxylation sites is 2. The lowest BCUT2D eigenvalue weighted by Gasteiger charge is -2.14. The Hall–Kier alpha value is -8.10. The van der Waals surface area contributed by atoms with Gasteiger partial charge in [-0.1, -0.05) is 67.6 Å². The maximum absolute atomic E-state index is 8.66. The Kier molecular flexibility index (Phi) is 8.47. The molecule has 6 aromatic carbocycles. The minimum absolute atomic E-state index is 0.0993. The summed E-state index contributed by atoms with van der Waals surface area (Å²) < 4.78 is 43.4. The number of nitrogens with zero attached hydrogens (tertiary/aromatic N) is 6. The molecule has 0 aliphatic heterocycles. The highest BCUT2D eigenvalue weighted by Gasteiger charge is 2.18. The number of pyridine rings is 2. The summed E-state index contributed by atoms with van der Waals surface area (Å²) in [5.74, 6) is 4.01. The van der Waals surface area contributed by atoms with Crippen LogP contribution in [-0.2, 0) is 6.42 Å². The fourth-order valence-electron chi connectivity index (χ4n) is 8.64. The highest BCUT2D eigenvalue weighted by Crippen LogP contribution is 2.38. The summed E-state index contributed by atoms with van der Waals surface area (Å²) in [6.07, 6.45) is 4.16. The number of rotatable bonds is 9. The van der Waals surface area contributed by atoms with Gasteiger partial charge in [0.2, 0.25) is 0 Å². The van der Waals surface area contributed by atoms with Gasteiger partial charge in [-0.15, -0.1) is 0 Å². The van der Waals surface area contributed by atoms with E-state index in [4.69, 9.17) is 33.5 Å². The summed E-state index contributed by atoms with van der Waals surface area (Å²) in [6, 6.07) is 51.7. The molecule has 0 radical (unpaired) electrons. The topological polar surface area (TPSA) is 79.9 Å². The van der Waals surface area contributed by atoms with E-state index in [1.54, 1.807) is 0 Å². The average Bonchev–Trinajstić information content (AvgIpc) is 3.83. The van der Waals surface area contributed by atoms with E-state index in [1.807, 2.05) is 129 Å². The number of aromatic nitrogens is 6. The molecule has 0 spiro atoms. The van der Waals surface area contributed by atoms with E-state index >= 15 is 0 Å². The number of hydrogen-bond donors (Lipinski definition) is 0. The van der Waals surface area contributed by atoms with Crippen LogP contribution in [0.5, 0.6) is 23.0 Å². The van der Waals surface area contributed by atoms with Crippen molar-refractivity contribution in [2.75, 3.05) is 0 Å². The van der Waals surface area contributed by atoms with Crippen LogP contribution in [0.2, 0.25) is 0 Å². The number of aryl methyl sites for hydroxylation is 4. The molecule has 5 aromatic heterocycles. The number of ether oxygens (including phenoxy) is 2. The van der Waals surface area contributed by atoms with E-state index < -0.39 is 6.85 Å². The third-order valence-electron chi connectivity index (χ3n) is 11.5. The van der Waals surface area contributed by atoms with E-state index in [9.17, 15) is 0 Å². The van der Waals surface area contributed by atoms with Gasteiger partial charge in [0.15, 0.2) is 0 Å². The molecule has 0 N–H and O–H groups in total. The number of fused-ring (bicyclic) bond motifs is 6. The molecule has 0 saturated carbocycles. The first-order valence-corrected chi connectivity index (χ1v) is 21.0. The smallest absolute Gasteiger partial charge is 0.137 e. The third-order valence-corrected chi connectivity index (χ3v) is 11.5. The molecule has 0 atom stereocenters. The maximum atomic E-state index is 8.66. The Bertz CT molecular complexity index is 3690. The molecule has 11 aromatic rings. The fourth-order valence-corrected chi connectivity index (χ4v) is 8.64. The van der Waals surface area contributed by atoms with E-state index in [0.717, 1.165) is 66.4 Å². The molecule has 0 saturated heterocycles. The number of hydrogen-bond acceptors (Lipinski definition) is 6. The minimum Gasteiger partial charge on any atom is -0.457 e. The lowest BCUT2D eigenvalue weighted by Crippen LogP contribution is -2.02. The van der Waals surface area contributed by atoms with Gasteiger partial charge in [0.25, 0.3) is 0 Å². The van der Waals surface area contributed by atoms with Crippen LogP contribution in [0.15, 0.2) is 170 Å². The largest absolute Gasteiger partial charge is 0.457 e. The number of benzene rings is 6. The molecule has 304 valence electrons. The average molecular weight is 822 g/mol. The highest BCUT2D eigenvalue weighted by atomic mass is 16.5. The summed E-state index contributed by atoms with van der Waals surface area (Å²) in [6.45, 7) is 3.54. The van der Waals surface area contributed by atoms with Crippen molar-refractivity contribution in [1.29, 1.82) is 0 Å². The van der Waals surface area contributed by atoms with Crippen LogP contribution in [0.3, 0.4) is 0 Å². The molecule has 0 aliphatic rings. The van der Waals surface area contributed by atoms with Gasteiger partial charge in [-0.05, 0) is 123 Å². The van der Waals surface area contributed by atoms with Crippen molar-refractivity contribution in [2.45, 2.75) is 34.0 Å². The fraction of sp³-hybridized carbons (Fsp3) is 0.0909. The van der Waals surface area contributed by atoms with Gasteiger partial charge >= 0.3 is 0 Å². The highest BCUT2D eigenvalue weighted by molar-refractivity contribution is 6.10. The summed E-state index contributed by atoms with van der Waals surface area (Å²) in [5.41, 5.74) is 8.84. The second kappa shape index (κ2) is 15.4. The Morgan fingerprint density at radius 2 is 0.968 bits per heavy atom. The second-order valence-corrected chi connectivity index (χ2v) is 15.8. The molecule has 5 heterocycles. The Balaban J connectivity index is 0.931. The molecule has 0 aliphatic carbocycles. The van der Waals surface area contributed by atoms with Gasteiger partial charge in [0.1, 0.15) is 34.6 Å². The van der Waals surface area contributed by atoms with Crippen molar-refractivity contribution < 1.29 is 13.6 Å². The maximum Gasteiger partial charge on any atom is 0.137 e. The van der Waals surface area contributed by atoms with Crippen LogP contribution in [0.25, 0.3) is 77.8 Å². The quantitative estimate of drug-likeness (QED) is 0.144. The molecule has 0 unspecified atom stereocenters. The Labute approximate surface area is 368 Å². The molecule has 0 bridgehead atoms. The van der Waals surface area contributed by atoms with Gasteiger partial charge in [0, 0.05) is 61.3 Å². The predicted molar refractivity (Wildman–Crippen MR) is 254 cm³/mol. The SMILES string of the molecule is [2H]C([2H])([2H])c1nc(-c2cccc(Oc3ccc4c5ccccc5n(-c5cc(C)ccn5)c4c3)c2)c(CC)nc1-c1cccc(Oc2ccc3c4ccccc4n(-c4cc(C)ccn4)c3c2)c1. The zero-order valence-corrected chi connectivity index (χ0v) is 34.9. The van der Waals surface area contributed by atoms with Crippen LogP contribution in [0, 0.1) is 20.7 Å². The zero-order chi connectivity index (χ0) is 45.1. The molecule has 63 heavy (non-hydrogen) atoms. The lowest BCUT2D eigenvalue weighted by atomic mass is 10.0. The standard InChI is InChI=1S/C55H42N6O2/c1-5-47-55(38-13-11-15-40(31-38)63-42-21-23-46-44-17-7-9-19-49(44)61(51(46)33-42)53-29-35(3)25-27-57-53)58-36(4)54(59-47)37-12-10-14-39(30-37)62-41-20-22-45-43-16-6-8-18-48(43)60(50(45)32-41)52-28-34(2)24-26-56-52/h6-33H,5H2,1-4H3/i4D3. The van der Waals surface area contributed by atoms with Crippen molar-refractivity contribution in [3.05, 3.63) is 193 Å². The van der Waals surface area contributed by atoms with Crippen LogP contribution in [-0.4, -0.2) is 29.1 Å². The second-order valence-electron chi connectivity index (χ2n) is 15.8. The van der Waals surface area contributed by atoms with Gasteiger partial charge in [0.05, 0.1) is 44.8 Å². The molecule has 8 nitrogen and oxygen atoms in total. The Morgan fingerprint density at radius 1 is 0.476 bits per heavy atom. The van der Waals surface area contributed by atoms with Gasteiger partial charge < -0.3 is 9.47 Å². The summed E-state index contributed by atoms with van der Waals surface area (Å²) in [4.78, 5) is 19.4. The van der Waals surface area contributed by atoms with E-state index in [1.165, 1.54) is 0 Å². The third kappa shape index (κ3) is 6.82. The molecular weight excluding hydrogens is 777 g/mol. The molecule has 0 amide bonds. The zero-order valence-electron chi connectivity index (χ0n) is 37.9. The molecule has 11 rings (SSSR count). The van der Waals surface area contributed by atoms with Crippen LogP contribution >= 0.6 is 0 Å². The Morgan fingerprint density at radius 3 is 1.48 bits per heavy atom. The normalized spacial score (nSPS) is 12.5. The van der Waals surface area contributed by atoms with Crippen molar-refractivity contribution in [3.8, 4) is 57.1 Å². The first-order valence-electron chi connectivity index (χ1n) is 22.5. The molecule has 8 heteroatoms. The monoisotopic (exact) mass is 821 g/mol. The van der Waals surface area contributed by atoms with E-state index in [0.29, 0.717) is 51.9 Å². The van der Waals surface area contributed by atoms with Crippen molar-refractivity contribution in [3.63, 3.8) is 0 Å². The first-order chi connectivity index (χ1) is 32.1. The molecule has 0 fully saturated rings. The summed E-state index contributed by atoms with van der Waals surface area (Å²) >= 11 is 0. The van der Waals surface area contributed by atoms with Crippen LogP contribution in [0.1, 0.15) is 33.6 Å². The van der Waals surface area contributed by atoms with E-state index in [2.05, 4.69) is 71.5 Å². The summed E-state index contributed by atoms with van der Waals surface area (Å²) in [5, 5.41) is 4.40. The van der Waals surface area contributed by atoms with Crippen molar-refractivity contribution in [1.82, 2.24) is 29.1 Å². The summed E-state index contributed by atoms with van der Waals surface area (Å²) in [7, 11) is 0. The van der Waals surface area contributed by atoms with E-state index in [-0.39, 0.29) is 11.4 Å². The van der Waals surface area contributed by atoms with Crippen LogP contribution in [0.4, 0.5) is 0 Å². The van der Waals surface area contributed by atoms with Gasteiger partial charge in [-0.25, -0.2) is 19.9 Å².